The maximum atomic E-state index is 6.15. The fraction of sp³-hybridized carbons (Fsp3) is 0.571. The second kappa shape index (κ2) is 5.98. The lowest BCUT2D eigenvalue weighted by atomic mass is 10.1. The normalized spacial score (nSPS) is 11.2. The third kappa shape index (κ3) is 2.95. The van der Waals surface area contributed by atoms with Crippen molar-refractivity contribution in [2.24, 2.45) is 7.05 Å². The molecule has 4 N–H and O–H groups in total. The molecule has 0 spiro atoms. The predicted molar refractivity (Wildman–Crippen MR) is 81.8 cm³/mol. The highest BCUT2D eigenvalue weighted by molar-refractivity contribution is 5.65. The van der Waals surface area contributed by atoms with E-state index in [9.17, 15) is 0 Å². The zero-order valence-electron chi connectivity index (χ0n) is 12.7. The molecule has 0 saturated carbocycles. The van der Waals surface area contributed by atoms with Crippen LogP contribution in [-0.2, 0) is 13.5 Å². The van der Waals surface area contributed by atoms with Gasteiger partial charge in [-0.25, -0.2) is 0 Å². The lowest BCUT2D eigenvalue weighted by Crippen LogP contribution is -2.08. The average Bonchev–Trinajstić information content (AvgIpc) is 2.91. The lowest BCUT2D eigenvalue weighted by molar-refractivity contribution is 0.712. The van der Waals surface area contributed by atoms with E-state index in [-0.39, 0.29) is 0 Å². The maximum Gasteiger partial charge on any atom is 0.147 e. The van der Waals surface area contributed by atoms with Crippen LogP contribution in [0, 0.1) is 6.92 Å². The van der Waals surface area contributed by atoms with Crippen molar-refractivity contribution in [2.75, 3.05) is 17.6 Å². The summed E-state index contributed by atoms with van der Waals surface area (Å²) in [5, 5.41) is 14.8. The molecule has 0 aliphatic heterocycles. The summed E-state index contributed by atoms with van der Waals surface area (Å²) in [6.45, 7) is 7.12. The van der Waals surface area contributed by atoms with E-state index in [0.29, 0.717) is 5.92 Å². The number of hydrogen-bond donors (Lipinski definition) is 3. The smallest absolute Gasteiger partial charge is 0.147 e. The summed E-state index contributed by atoms with van der Waals surface area (Å²) >= 11 is 0. The number of nitrogen functional groups attached to an aromatic ring is 1. The van der Waals surface area contributed by atoms with Crippen molar-refractivity contribution in [3.63, 3.8) is 0 Å². The summed E-state index contributed by atoms with van der Waals surface area (Å²) in [4.78, 5) is 0. The Kier molecular flexibility index (Phi) is 4.32. The molecule has 20 heavy (non-hydrogen) atoms. The molecule has 0 radical (unpaired) electrons. The van der Waals surface area contributed by atoms with Crippen LogP contribution in [0.2, 0.25) is 0 Å². The van der Waals surface area contributed by atoms with Crippen molar-refractivity contribution in [2.45, 2.75) is 39.5 Å². The van der Waals surface area contributed by atoms with E-state index in [4.69, 9.17) is 5.73 Å². The highest BCUT2D eigenvalue weighted by Crippen LogP contribution is 2.27. The van der Waals surface area contributed by atoms with E-state index in [2.05, 4.69) is 34.5 Å². The molecule has 0 unspecified atom stereocenters. The van der Waals surface area contributed by atoms with Crippen molar-refractivity contribution >= 4 is 11.5 Å². The molecule has 0 bridgehead atoms. The predicted octanol–water partition coefficient (Wildman–Crippen LogP) is 2.20. The number of hydrogen-bond acceptors (Lipinski definition) is 4. The number of anilines is 2. The fourth-order valence-electron chi connectivity index (χ4n) is 2.31. The van der Waals surface area contributed by atoms with Crippen LogP contribution in [-0.4, -0.2) is 26.5 Å². The third-order valence-corrected chi connectivity index (χ3v) is 3.51. The number of nitrogens with zero attached hydrogens (tertiary/aromatic N) is 3. The van der Waals surface area contributed by atoms with Crippen molar-refractivity contribution in [1.29, 1.82) is 0 Å². The first-order valence-corrected chi connectivity index (χ1v) is 7.05. The van der Waals surface area contributed by atoms with Crippen molar-refractivity contribution < 1.29 is 0 Å². The van der Waals surface area contributed by atoms with Gasteiger partial charge >= 0.3 is 0 Å². The van der Waals surface area contributed by atoms with Crippen molar-refractivity contribution in [1.82, 2.24) is 20.0 Å². The number of aromatic nitrogens is 4. The van der Waals surface area contributed by atoms with Crippen LogP contribution in [0.3, 0.4) is 0 Å². The summed E-state index contributed by atoms with van der Waals surface area (Å²) in [5.41, 5.74) is 10.3. The molecule has 6 heteroatoms. The maximum absolute atomic E-state index is 6.15. The Morgan fingerprint density at radius 3 is 2.75 bits per heavy atom. The van der Waals surface area contributed by atoms with Gasteiger partial charge in [0.1, 0.15) is 5.82 Å². The second-order valence-corrected chi connectivity index (χ2v) is 5.48. The van der Waals surface area contributed by atoms with E-state index in [1.165, 1.54) is 5.56 Å². The molecule has 0 amide bonds. The van der Waals surface area contributed by atoms with Crippen LogP contribution in [0.4, 0.5) is 11.5 Å². The van der Waals surface area contributed by atoms with Crippen LogP contribution in [0.1, 0.15) is 43.1 Å². The molecule has 0 aliphatic rings. The number of nitrogens with one attached hydrogen (secondary N) is 2. The highest BCUT2D eigenvalue weighted by Gasteiger charge is 2.15. The summed E-state index contributed by atoms with van der Waals surface area (Å²) in [7, 11) is 1.92. The molecule has 0 atom stereocenters. The molecule has 0 aromatic carbocycles. The topological polar surface area (TPSA) is 84.6 Å². The van der Waals surface area contributed by atoms with Crippen LogP contribution in [0.25, 0.3) is 0 Å². The van der Waals surface area contributed by atoms with Crippen molar-refractivity contribution in [3.8, 4) is 0 Å². The standard InChI is InChI=1S/C14H24N6/c1-9(2)13-12(15)14(20(4)19-13)16-7-5-6-11-8-17-18-10(11)3/h8-9,16H,5-7,15H2,1-4H3,(H,17,18). The molecule has 0 aliphatic carbocycles. The molecule has 2 aromatic heterocycles. The van der Waals surface area contributed by atoms with E-state index >= 15 is 0 Å². The van der Waals surface area contributed by atoms with Gasteiger partial charge in [0, 0.05) is 19.3 Å². The average molecular weight is 276 g/mol. The number of aromatic amines is 1. The monoisotopic (exact) mass is 276 g/mol. The Balaban J connectivity index is 1.90. The van der Waals surface area contributed by atoms with Crippen LogP contribution in [0.5, 0.6) is 0 Å². The van der Waals surface area contributed by atoms with Gasteiger partial charge in [-0.15, -0.1) is 0 Å². The molecule has 6 nitrogen and oxygen atoms in total. The Morgan fingerprint density at radius 2 is 2.20 bits per heavy atom. The van der Waals surface area contributed by atoms with Gasteiger partial charge in [0.25, 0.3) is 0 Å². The van der Waals surface area contributed by atoms with Crippen LogP contribution < -0.4 is 11.1 Å². The SMILES string of the molecule is Cc1[nH]ncc1CCCNc1c(N)c(C(C)C)nn1C. The number of H-pyrrole nitrogens is 1. The molecular formula is C14H24N6. The van der Waals surface area contributed by atoms with Gasteiger partial charge in [-0.2, -0.15) is 10.2 Å². The first-order valence-electron chi connectivity index (χ1n) is 7.05. The molecular weight excluding hydrogens is 252 g/mol. The highest BCUT2D eigenvalue weighted by atomic mass is 15.3. The number of nitrogens with two attached hydrogens (primary N) is 1. The summed E-state index contributed by atoms with van der Waals surface area (Å²) in [6.07, 6.45) is 3.93. The minimum Gasteiger partial charge on any atom is -0.394 e. The molecule has 0 saturated heterocycles. The van der Waals surface area contributed by atoms with Crippen LogP contribution >= 0.6 is 0 Å². The van der Waals surface area contributed by atoms with Gasteiger partial charge in [-0.1, -0.05) is 13.8 Å². The van der Waals surface area contributed by atoms with E-state index in [0.717, 1.165) is 42.3 Å². The number of rotatable bonds is 6. The first-order chi connectivity index (χ1) is 9.50. The molecule has 110 valence electrons. The van der Waals surface area contributed by atoms with E-state index in [1.54, 1.807) is 0 Å². The fourth-order valence-corrected chi connectivity index (χ4v) is 2.31. The minimum atomic E-state index is 0.338. The van der Waals surface area contributed by atoms with E-state index < -0.39 is 0 Å². The molecule has 2 rings (SSSR count). The van der Waals surface area contributed by atoms with E-state index in [1.807, 2.05) is 24.9 Å². The second-order valence-electron chi connectivity index (χ2n) is 5.48. The van der Waals surface area contributed by atoms with Gasteiger partial charge in [0.2, 0.25) is 0 Å². The van der Waals surface area contributed by atoms with Gasteiger partial charge in [-0.3, -0.25) is 9.78 Å². The minimum absolute atomic E-state index is 0.338. The summed E-state index contributed by atoms with van der Waals surface area (Å²) in [6, 6.07) is 0. The Labute approximate surface area is 119 Å². The summed E-state index contributed by atoms with van der Waals surface area (Å²) < 4.78 is 1.83. The Bertz CT molecular complexity index is 566. The van der Waals surface area contributed by atoms with Crippen molar-refractivity contribution in [3.05, 3.63) is 23.1 Å². The largest absolute Gasteiger partial charge is 0.394 e. The lowest BCUT2D eigenvalue weighted by Gasteiger charge is -2.07. The first kappa shape index (κ1) is 14.4. The Morgan fingerprint density at radius 1 is 1.45 bits per heavy atom. The van der Waals surface area contributed by atoms with Gasteiger partial charge in [-0.05, 0) is 31.2 Å². The summed E-state index contributed by atoms with van der Waals surface area (Å²) in [5.74, 6) is 1.25. The number of aryl methyl sites for hydroxylation is 3. The van der Waals surface area contributed by atoms with Gasteiger partial charge in [0.05, 0.1) is 17.6 Å². The van der Waals surface area contributed by atoms with Gasteiger partial charge in [0.15, 0.2) is 0 Å². The van der Waals surface area contributed by atoms with Gasteiger partial charge < -0.3 is 11.1 Å². The molecule has 2 heterocycles. The third-order valence-electron chi connectivity index (χ3n) is 3.51. The van der Waals surface area contributed by atoms with Crippen LogP contribution in [0.15, 0.2) is 6.20 Å². The molecule has 2 aromatic rings. The molecule has 0 fully saturated rings. The zero-order chi connectivity index (χ0) is 14.7. The Hall–Kier alpha value is -1.98. The zero-order valence-corrected chi connectivity index (χ0v) is 12.7. The quantitative estimate of drug-likeness (QED) is 0.706.